The largest absolute Gasteiger partial charge is 0.466 e. The van der Waals surface area contributed by atoms with E-state index in [4.69, 9.17) is 6.11 Å². The van der Waals surface area contributed by atoms with Crippen LogP contribution in [-0.2, 0) is 9.53 Å². The topological polar surface area (TPSA) is 26.3 Å². The molecule has 96 valence electrons. The van der Waals surface area contributed by atoms with Crippen molar-refractivity contribution >= 4 is 5.97 Å². The van der Waals surface area contributed by atoms with E-state index in [0.29, 0.717) is 24.9 Å². The van der Waals surface area contributed by atoms with Gasteiger partial charge in [-0.25, -0.2) is 0 Å². The summed E-state index contributed by atoms with van der Waals surface area (Å²) in [5.41, 5.74) is 2.28. The summed E-state index contributed by atoms with van der Waals surface area (Å²) >= 11 is 0. The minimum atomic E-state index is -0.130. The second kappa shape index (κ2) is 6.63. The van der Waals surface area contributed by atoms with Gasteiger partial charge in [0.2, 0.25) is 0 Å². The zero-order chi connectivity index (χ0) is 13.7. The van der Waals surface area contributed by atoms with Crippen LogP contribution in [-0.4, -0.2) is 12.6 Å². The SMILES string of the molecule is [2H]C1=C(C)[C@@H](CCC(=O)OCC)C[C@H](C(=C)C)C1. The molecule has 2 nitrogen and oxygen atoms in total. The second-order valence-electron chi connectivity index (χ2n) is 4.88. The molecule has 0 aromatic carbocycles. The van der Waals surface area contributed by atoms with E-state index in [0.717, 1.165) is 36.5 Å². The zero-order valence-electron chi connectivity index (χ0n) is 12.2. The van der Waals surface area contributed by atoms with Gasteiger partial charge in [0.1, 0.15) is 0 Å². The molecule has 0 spiro atoms. The molecular formula is C15H24O2. The molecule has 1 aliphatic carbocycles. The molecule has 1 rings (SSSR count). The second-order valence-corrected chi connectivity index (χ2v) is 4.88. The molecule has 2 heteroatoms. The number of carbonyl (C=O) groups excluding carboxylic acids is 1. The standard InChI is InChI=1S/C15H24O2/c1-5-17-15(16)9-8-14-10-13(11(2)3)7-6-12(14)4/h6,13-14H,2,5,7-10H2,1,3-4H3/t13-,14+/m1/s1/i6D. The Bertz CT molecular complexity index is 358. The minimum Gasteiger partial charge on any atom is -0.466 e. The summed E-state index contributed by atoms with van der Waals surface area (Å²) in [5, 5.41) is 0. The van der Waals surface area contributed by atoms with E-state index in [1.807, 2.05) is 20.8 Å². The average molecular weight is 237 g/mol. The third-order valence-electron chi connectivity index (χ3n) is 3.51. The van der Waals surface area contributed by atoms with Gasteiger partial charge in [-0.3, -0.25) is 4.79 Å². The first-order valence-corrected chi connectivity index (χ1v) is 6.43. The third-order valence-corrected chi connectivity index (χ3v) is 3.51. The summed E-state index contributed by atoms with van der Waals surface area (Å²) < 4.78 is 13.0. The molecule has 0 aliphatic heterocycles. The molecule has 1 aliphatic rings. The van der Waals surface area contributed by atoms with E-state index in [9.17, 15) is 4.79 Å². The van der Waals surface area contributed by atoms with Gasteiger partial charge in [0, 0.05) is 6.42 Å². The van der Waals surface area contributed by atoms with Crippen molar-refractivity contribution in [3.63, 3.8) is 0 Å². The number of esters is 1. The van der Waals surface area contributed by atoms with Gasteiger partial charge >= 0.3 is 5.97 Å². The third kappa shape index (κ3) is 4.37. The Morgan fingerprint density at radius 3 is 3.00 bits per heavy atom. The molecule has 2 atom stereocenters. The van der Waals surface area contributed by atoms with Crippen molar-refractivity contribution in [2.24, 2.45) is 11.8 Å². The van der Waals surface area contributed by atoms with E-state index >= 15 is 0 Å². The monoisotopic (exact) mass is 237 g/mol. The van der Waals surface area contributed by atoms with Crippen LogP contribution in [0, 0.1) is 11.8 Å². The molecule has 0 aromatic heterocycles. The first-order valence-electron chi connectivity index (χ1n) is 6.93. The van der Waals surface area contributed by atoms with Crippen LogP contribution in [0.2, 0.25) is 0 Å². The van der Waals surface area contributed by atoms with Gasteiger partial charge in [-0.2, -0.15) is 0 Å². The van der Waals surface area contributed by atoms with Crippen LogP contribution in [0.25, 0.3) is 0 Å². The predicted molar refractivity (Wildman–Crippen MR) is 70.7 cm³/mol. The Kier molecular flexibility index (Phi) is 4.84. The molecule has 0 heterocycles. The smallest absolute Gasteiger partial charge is 0.305 e. The van der Waals surface area contributed by atoms with Gasteiger partial charge in [-0.1, -0.05) is 23.8 Å². The van der Waals surface area contributed by atoms with Crippen molar-refractivity contribution in [3.8, 4) is 0 Å². The molecule has 0 unspecified atom stereocenters. The Morgan fingerprint density at radius 2 is 2.41 bits per heavy atom. The van der Waals surface area contributed by atoms with Crippen molar-refractivity contribution in [1.29, 1.82) is 0 Å². The molecule has 0 saturated carbocycles. The lowest BCUT2D eigenvalue weighted by atomic mass is 9.77. The molecule has 0 N–H and O–H groups in total. The maximum atomic E-state index is 11.4. The first kappa shape index (κ1) is 12.4. The van der Waals surface area contributed by atoms with E-state index in [-0.39, 0.29) is 5.97 Å². The molecule has 0 bridgehead atoms. The lowest BCUT2D eigenvalue weighted by Crippen LogP contribution is -2.17. The maximum absolute atomic E-state index is 11.4. The maximum Gasteiger partial charge on any atom is 0.305 e. The number of rotatable bonds is 5. The average Bonchev–Trinajstić information content (AvgIpc) is 2.31. The van der Waals surface area contributed by atoms with E-state index in [1.165, 1.54) is 0 Å². The fourth-order valence-corrected chi connectivity index (χ4v) is 2.27. The summed E-state index contributed by atoms with van der Waals surface area (Å²) in [5.74, 6) is 0.597. The van der Waals surface area contributed by atoms with Crippen molar-refractivity contribution in [2.45, 2.75) is 46.5 Å². The van der Waals surface area contributed by atoms with Gasteiger partial charge in [0.25, 0.3) is 0 Å². The minimum absolute atomic E-state index is 0.130. The number of carbonyl (C=O) groups is 1. The molecule has 0 amide bonds. The predicted octanol–water partition coefficient (Wildman–Crippen LogP) is 3.88. The number of allylic oxidation sites excluding steroid dienone is 3. The van der Waals surface area contributed by atoms with Crippen LogP contribution in [0.4, 0.5) is 0 Å². The quantitative estimate of drug-likeness (QED) is 0.536. The van der Waals surface area contributed by atoms with Gasteiger partial charge < -0.3 is 4.74 Å². The summed E-state index contributed by atoms with van der Waals surface area (Å²) in [6, 6.07) is 0.725. The lowest BCUT2D eigenvalue weighted by molar-refractivity contribution is -0.143. The van der Waals surface area contributed by atoms with Gasteiger partial charge in [-0.05, 0) is 51.9 Å². The van der Waals surface area contributed by atoms with Crippen LogP contribution in [0.1, 0.15) is 47.8 Å². The van der Waals surface area contributed by atoms with Gasteiger partial charge in [0.05, 0.1) is 7.98 Å². The highest BCUT2D eigenvalue weighted by Gasteiger charge is 2.23. The molecule has 0 saturated heterocycles. The summed E-state index contributed by atoms with van der Waals surface area (Å²) in [6.45, 7) is 10.3. The Morgan fingerprint density at radius 1 is 1.71 bits per heavy atom. The number of ether oxygens (including phenoxy) is 1. The Hall–Kier alpha value is -1.05. The fraction of sp³-hybridized carbons (Fsp3) is 0.667. The van der Waals surface area contributed by atoms with Crippen molar-refractivity contribution in [3.05, 3.63) is 23.8 Å². The molecular weight excluding hydrogens is 212 g/mol. The lowest BCUT2D eigenvalue weighted by Gasteiger charge is -2.28. The van der Waals surface area contributed by atoms with E-state index in [1.54, 1.807) is 0 Å². The number of hydrogen-bond acceptors (Lipinski definition) is 2. The Labute approximate surface area is 106 Å². The summed E-state index contributed by atoms with van der Waals surface area (Å²) in [4.78, 5) is 11.4. The van der Waals surface area contributed by atoms with Gasteiger partial charge in [-0.15, -0.1) is 0 Å². The highest BCUT2D eigenvalue weighted by Crippen LogP contribution is 2.35. The highest BCUT2D eigenvalue weighted by atomic mass is 16.5. The molecule has 0 fully saturated rings. The first-order chi connectivity index (χ1) is 8.45. The van der Waals surface area contributed by atoms with Gasteiger partial charge in [0.15, 0.2) is 0 Å². The van der Waals surface area contributed by atoms with Crippen LogP contribution in [0.3, 0.4) is 0 Å². The molecule has 17 heavy (non-hydrogen) atoms. The zero-order valence-corrected chi connectivity index (χ0v) is 11.2. The van der Waals surface area contributed by atoms with Crippen molar-refractivity contribution in [1.82, 2.24) is 0 Å². The van der Waals surface area contributed by atoms with Crippen molar-refractivity contribution in [2.75, 3.05) is 6.61 Å². The van der Waals surface area contributed by atoms with Crippen LogP contribution in [0.5, 0.6) is 0 Å². The highest BCUT2D eigenvalue weighted by molar-refractivity contribution is 5.69. The van der Waals surface area contributed by atoms with Crippen LogP contribution in [0.15, 0.2) is 23.8 Å². The van der Waals surface area contributed by atoms with Crippen molar-refractivity contribution < 1.29 is 10.9 Å². The number of hydrogen-bond donors (Lipinski definition) is 0. The van der Waals surface area contributed by atoms with E-state index in [2.05, 4.69) is 6.58 Å². The van der Waals surface area contributed by atoms with Crippen LogP contribution < -0.4 is 0 Å². The molecule has 0 aromatic rings. The normalized spacial score (nSPS) is 25.5. The summed E-state index contributed by atoms with van der Waals surface area (Å²) in [6.07, 6.45) is 3.06. The molecule has 0 radical (unpaired) electrons. The van der Waals surface area contributed by atoms with Crippen LogP contribution >= 0.6 is 0 Å². The summed E-state index contributed by atoms with van der Waals surface area (Å²) in [7, 11) is 0. The Balaban J connectivity index is 2.60. The fourth-order valence-electron chi connectivity index (χ4n) is 2.27. The van der Waals surface area contributed by atoms with E-state index < -0.39 is 0 Å².